The summed E-state index contributed by atoms with van der Waals surface area (Å²) < 4.78 is 4.94. The molecular weight excluding hydrogens is 240 g/mol. The minimum absolute atomic E-state index is 0.306. The molecule has 0 unspecified atom stereocenters. The van der Waals surface area contributed by atoms with E-state index in [9.17, 15) is 4.79 Å². The molecule has 2 rings (SSSR count). The van der Waals surface area contributed by atoms with E-state index < -0.39 is 0 Å². The Kier molecular flexibility index (Phi) is 4.77. The predicted molar refractivity (Wildman–Crippen MR) is 75.4 cm³/mol. The van der Waals surface area contributed by atoms with Crippen LogP contribution in [-0.2, 0) is 4.74 Å². The zero-order valence-electron chi connectivity index (χ0n) is 11.8. The van der Waals surface area contributed by atoms with Gasteiger partial charge in [-0.25, -0.2) is 9.78 Å². The Balaban J connectivity index is 1.94. The minimum atomic E-state index is -0.306. The van der Waals surface area contributed by atoms with Crippen LogP contribution in [0.3, 0.4) is 0 Å². The van der Waals surface area contributed by atoms with Crippen LogP contribution in [0.25, 0.3) is 0 Å². The van der Waals surface area contributed by atoms with Crippen LogP contribution in [0, 0.1) is 5.92 Å². The third-order valence-corrected chi connectivity index (χ3v) is 3.66. The van der Waals surface area contributed by atoms with Gasteiger partial charge in [-0.15, -0.1) is 0 Å². The van der Waals surface area contributed by atoms with E-state index in [0.29, 0.717) is 12.2 Å². The summed E-state index contributed by atoms with van der Waals surface area (Å²) in [6.07, 6.45) is 6.95. The fourth-order valence-corrected chi connectivity index (χ4v) is 2.62. The Morgan fingerprint density at radius 3 is 2.74 bits per heavy atom. The van der Waals surface area contributed by atoms with E-state index in [2.05, 4.69) is 16.9 Å². The first-order chi connectivity index (χ1) is 9.20. The van der Waals surface area contributed by atoms with E-state index >= 15 is 0 Å². The second kappa shape index (κ2) is 6.55. The van der Waals surface area contributed by atoms with Gasteiger partial charge in [0.2, 0.25) is 0 Å². The molecule has 104 valence electrons. The molecule has 0 atom stereocenters. The lowest BCUT2D eigenvalue weighted by Gasteiger charge is -2.22. The molecule has 0 bridgehead atoms. The lowest BCUT2D eigenvalue weighted by molar-refractivity contribution is 0.0526. The number of carbonyl (C=O) groups excluding carboxylic acids is 1. The summed E-state index contributed by atoms with van der Waals surface area (Å²) in [7, 11) is 2.06. The van der Waals surface area contributed by atoms with Gasteiger partial charge in [0.1, 0.15) is 5.82 Å². The summed E-state index contributed by atoms with van der Waals surface area (Å²) in [4.78, 5) is 18.0. The van der Waals surface area contributed by atoms with Crippen molar-refractivity contribution in [3.63, 3.8) is 0 Å². The highest BCUT2D eigenvalue weighted by molar-refractivity contribution is 5.89. The number of pyridine rings is 1. The molecule has 1 aromatic heterocycles. The molecule has 0 radical (unpaired) electrons. The van der Waals surface area contributed by atoms with E-state index in [0.717, 1.165) is 18.3 Å². The Hall–Kier alpha value is -1.58. The summed E-state index contributed by atoms with van der Waals surface area (Å²) >= 11 is 0. The lowest BCUT2D eigenvalue weighted by atomic mass is 10.1. The van der Waals surface area contributed by atoms with Crippen LogP contribution in [0.2, 0.25) is 0 Å². The molecule has 0 aliphatic heterocycles. The molecule has 1 aliphatic rings. The quantitative estimate of drug-likeness (QED) is 0.765. The maximum Gasteiger partial charge on any atom is 0.339 e. The number of carbonyl (C=O) groups is 1. The molecule has 4 nitrogen and oxygen atoms in total. The Labute approximate surface area is 114 Å². The highest BCUT2D eigenvalue weighted by atomic mass is 16.5. The summed E-state index contributed by atoms with van der Waals surface area (Å²) in [6, 6.07) is 3.67. The number of hydrogen-bond donors (Lipinski definition) is 0. The molecule has 19 heavy (non-hydrogen) atoms. The monoisotopic (exact) mass is 262 g/mol. The predicted octanol–water partition coefficient (Wildman–Crippen LogP) is 2.88. The Bertz CT molecular complexity index is 411. The molecule has 0 saturated heterocycles. The minimum Gasteiger partial charge on any atom is -0.462 e. The first kappa shape index (κ1) is 13.8. The number of hydrogen-bond acceptors (Lipinski definition) is 4. The van der Waals surface area contributed by atoms with Gasteiger partial charge in [-0.2, -0.15) is 0 Å². The molecule has 1 aromatic rings. The highest BCUT2D eigenvalue weighted by Gasteiger charge is 2.17. The SMILES string of the molecule is CCOC(=O)c1ccc(N(C)CC2CCCC2)nc1. The molecule has 1 heterocycles. The van der Waals surface area contributed by atoms with Crippen LogP contribution in [-0.4, -0.2) is 31.2 Å². The van der Waals surface area contributed by atoms with E-state index in [1.54, 1.807) is 19.2 Å². The number of aromatic nitrogens is 1. The van der Waals surface area contributed by atoms with Gasteiger partial charge in [0.25, 0.3) is 0 Å². The van der Waals surface area contributed by atoms with Gasteiger partial charge in [0.05, 0.1) is 12.2 Å². The van der Waals surface area contributed by atoms with E-state index in [4.69, 9.17) is 4.74 Å². The van der Waals surface area contributed by atoms with Gasteiger partial charge in [0.15, 0.2) is 0 Å². The Morgan fingerprint density at radius 2 is 2.16 bits per heavy atom. The van der Waals surface area contributed by atoms with Gasteiger partial charge in [0, 0.05) is 19.8 Å². The van der Waals surface area contributed by atoms with Gasteiger partial charge in [-0.1, -0.05) is 12.8 Å². The van der Waals surface area contributed by atoms with Crippen molar-refractivity contribution < 1.29 is 9.53 Å². The third kappa shape index (κ3) is 3.69. The number of esters is 1. The van der Waals surface area contributed by atoms with Crippen LogP contribution in [0.15, 0.2) is 18.3 Å². The van der Waals surface area contributed by atoms with Crippen molar-refractivity contribution in [1.29, 1.82) is 0 Å². The van der Waals surface area contributed by atoms with E-state index in [1.165, 1.54) is 25.7 Å². The van der Waals surface area contributed by atoms with Crippen molar-refractivity contribution in [2.24, 2.45) is 5.92 Å². The zero-order valence-corrected chi connectivity index (χ0v) is 11.8. The molecule has 1 fully saturated rings. The lowest BCUT2D eigenvalue weighted by Crippen LogP contribution is -2.24. The van der Waals surface area contributed by atoms with Crippen LogP contribution in [0.1, 0.15) is 43.0 Å². The number of anilines is 1. The summed E-state index contributed by atoms with van der Waals surface area (Å²) in [5.41, 5.74) is 0.514. The van der Waals surface area contributed by atoms with Crippen molar-refractivity contribution in [2.45, 2.75) is 32.6 Å². The summed E-state index contributed by atoms with van der Waals surface area (Å²) in [6.45, 7) is 3.24. The summed E-state index contributed by atoms with van der Waals surface area (Å²) in [5, 5.41) is 0. The standard InChI is InChI=1S/C15H22N2O2/c1-3-19-15(18)13-8-9-14(16-10-13)17(2)11-12-6-4-5-7-12/h8-10,12H,3-7,11H2,1-2H3. The third-order valence-electron chi connectivity index (χ3n) is 3.66. The second-order valence-corrected chi connectivity index (χ2v) is 5.16. The molecule has 1 saturated carbocycles. The summed E-state index contributed by atoms with van der Waals surface area (Å²) in [5.74, 6) is 1.40. The molecule has 0 N–H and O–H groups in total. The smallest absolute Gasteiger partial charge is 0.339 e. The number of nitrogens with zero attached hydrogens (tertiary/aromatic N) is 2. The maximum atomic E-state index is 11.5. The number of ether oxygens (including phenoxy) is 1. The van der Waals surface area contributed by atoms with Gasteiger partial charge >= 0.3 is 5.97 Å². The van der Waals surface area contributed by atoms with Crippen molar-refractivity contribution in [1.82, 2.24) is 4.98 Å². The second-order valence-electron chi connectivity index (χ2n) is 5.16. The largest absolute Gasteiger partial charge is 0.462 e. The maximum absolute atomic E-state index is 11.5. The van der Waals surface area contributed by atoms with Crippen LogP contribution in [0.5, 0.6) is 0 Å². The molecule has 0 amide bonds. The van der Waals surface area contributed by atoms with Crippen molar-refractivity contribution in [2.75, 3.05) is 25.1 Å². The Morgan fingerprint density at radius 1 is 1.42 bits per heavy atom. The average Bonchev–Trinajstić information content (AvgIpc) is 2.92. The van der Waals surface area contributed by atoms with Gasteiger partial charge < -0.3 is 9.64 Å². The first-order valence-corrected chi connectivity index (χ1v) is 7.05. The van der Waals surface area contributed by atoms with Crippen LogP contribution >= 0.6 is 0 Å². The van der Waals surface area contributed by atoms with Crippen molar-refractivity contribution >= 4 is 11.8 Å². The molecule has 0 spiro atoms. The van der Waals surface area contributed by atoms with Crippen molar-refractivity contribution in [3.05, 3.63) is 23.9 Å². The fraction of sp³-hybridized carbons (Fsp3) is 0.600. The average molecular weight is 262 g/mol. The van der Waals surface area contributed by atoms with E-state index in [-0.39, 0.29) is 5.97 Å². The van der Waals surface area contributed by atoms with Crippen LogP contribution in [0.4, 0.5) is 5.82 Å². The molecule has 4 heteroatoms. The fourth-order valence-electron chi connectivity index (χ4n) is 2.62. The number of rotatable bonds is 5. The van der Waals surface area contributed by atoms with E-state index in [1.807, 2.05) is 6.07 Å². The molecule has 1 aliphatic carbocycles. The normalized spacial score (nSPS) is 15.5. The van der Waals surface area contributed by atoms with Gasteiger partial charge in [-0.05, 0) is 37.8 Å². The zero-order chi connectivity index (χ0) is 13.7. The topological polar surface area (TPSA) is 42.4 Å². The first-order valence-electron chi connectivity index (χ1n) is 7.05. The molecule has 0 aromatic carbocycles. The van der Waals surface area contributed by atoms with Gasteiger partial charge in [-0.3, -0.25) is 0 Å². The highest BCUT2D eigenvalue weighted by Crippen LogP contribution is 2.26. The molecular formula is C15H22N2O2. The van der Waals surface area contributed by atoms with Crippen LogP contribution < -0.4 is 4.90 Å². The van der Waals surface area contributed by atoms with Crippen molar-refractivity contribution in [3.8, 4) is 0 Å².